The normalized spacial score (nSPS) is 10.7. The van der Waals surface area contributed by atoms with Crippen LogP contribution in [-0.4, -0.2) is 36.1 Å². The van der Waals surface area contributed by atoms with Crippen LogP contribution < -0.4 is 0 Å². The van der Waals surface area contributed by atoms with Crippen molar-refractivity contribution in [2.45, 2.75) is 79.1 Å². The summed E-state index contributed by atoms with van der Waals surface area (Å²) < 4.78 is 1.42. The molecule has 19 heavy (non-hydrogen) atoms. The van der Waals surface area contributed by atoms with Crippen LogP contribution in [0.15, 0.2) is 0 Å². The van der Waals surface area contributed by atoms with Gasteiger partial charge in [-0.25, -0.2) is 0 Å². The molecule has 0 aliphatic rings. The van der Waals surface area contributed by atoms with Gasteiger partial charge in [-0.3, -0.25) is 4.70 Å². The fourth-order valence-electron chi connectivity index (χ4n) is 2.64. The highest BCUT2D eigenvalue weighted by molar-refractivity contribution is 4.49. The van der Waals surface area contributed by atoms with E-state index in [-0.39, 0.29) is 10.2 Å². The van der Waals surface area contributed by atoms with E-state index in [1.54, 1.807) is 0 Å². The molecule has 0 bridgehead atoms. The molecule has 0 aromatic heterocycles. The summed E-state index contributed by atoms with van der Waals surface area (Å²) in [5.74, 6) is 0. The molecule has 120 valence electrons. The van der Waals surface area contributed by atoms with Gasteiger partial charge in [0.25, 0.3) is 0 Å². The van der Waals surface area contributed by atoms with Crippen LogP contribution in [0.2, 0.25) is 0 Å². The van der Waals surface area contributed by atoms with Crippen molar-refractivity contribution in [3.8, 4) is 0 Å². The van der Waals surface area contributed by atoms with E-state index in [9.17, 15) is 0 Å². The molecule has 0 saturated carbocycles. The fraction of sp³-hybridized carbons (Fsp3) is 1.00. The highest BCUT2D eigenvalue weighted by Crippen LogP contribution is 2.16. The lowest BCUT2D eigenvalue weighted by molar-refractivity contribution is -0.929. The van der Waals surface area contributed by atoms with Gasteiger partial charge in [-0.2, -0.15) is 0 Å². The number of halogens is 1. The molecule has 0 heterocycles. The largest absolute Gasteiger partial charge is 0.412 e. The molecular formula is C16H39FNO+. The third-order valence-electron chi connectivity index (χ3n) is 3.94. The number of unbranched alkanes of at least 4 members (excludes halogenated alkanes) is 4. The molecular weight excluding hydrogens is 241 g/mol. The van der Waals surface area contributed by atoms with Crippen molar-refractivity contribution in [1.82, 2.24) is 0 Å². The third-order valence-corrected chi connectivity index (χ3v) is 3.94. The Morgan fingerprint density at radius 1 is 0.526 bits per heavy atom. The Morgan fingerprint density at radius 2 is 0.737 bits per heavy atom. The first-order chi connectivity index (χ1) is 8.24. The molecule has 0 saturated heterocycles. The third kappa shape index (κ3) is 11.4. The molecule has 0 aromatic carbocycles. The minimum Gasteiger partial charge on any atom is -0.412 e. The predicted octanol–water partition coefficient (Wildman–Crippen LogP) is 4.33. The molecule has 0 amide bonds. The van der Waals surface area contributed by atoms with Gasteiger partial charge in [0.05, 0.1) is 26.2 Å². The fourth-order valence-corrected chi connectivity index (χ4v) is 2.64. The van der Waals surface area contributed by atoms with E-state index >= 15 is 0 Å². The molecule has 0 atom stereocenters. The van der Waals surface area contributed by atoms with Crippen LogP contribution in [0.4, 0.5) is 4.70 Å². The van der Waals surface area contributed by atoms with E-state index in [1.807, 2.05) is 0 Å². The monoisotopic (exact) mass is 280 g/mol. The summed E-state index contributed by atoms with van der Waals surface area (Å²) in [5, 5.41) is 0. The first-order valence-electron chi connectivity index (χ1n) is 8.09. The number of nitrogens with zero attached hydrogens (tertiary/aromatic N) is 1. The lowest BCUT2D eigenvalue weighted by atomic mass is 10.1. The number of rotatable bonds is 12. The average molecular weight is 280 g/mol. The van der Waals surface area contributed by atoms with Gasteiger partial charge in [0.15, 0.2) is 0 Å². The van der Waals surface area contributed by atoms with Gasteiger partial charge in [0.2, 0.25) is 0 Å². The zero-order chi connectivity index (χ0) is 13.0. The second kappa shape index (κ2) is 15.9. The van der Waals surface area contributed by atoms with E-state index in [4.69, 9.17) is 0 Å². The van der Waals surface area contributed by atoms with Crippen LogP contribution in [0.5, 0.6) is 0 Å². The van der Waals surface area contributed by atoms with Gasteiger partial charge in [0.1, 0.15) is 0 Å². The summed E-state index contributed by atoms with van der Waals surface area (Å²) in [5.41, 5.74) is 0. The summed E-state index contributed by atoms with van der Waals surface area (Å²) in [6.45, 7) is 15.0. The van der Waals surface area contributed by atoms with Crippen LogP contribution in [0, 0.1) is 0 Å². The molecule has 3 heteroatoms. The van der Waals surface area contributed by atoms with Crippen molar-refractivity contribution < 1.29 is 14.7 Å². The topological polar surface area (TPSA) is 31.5 Å². The standard InChI is InChI=1S/C16H36N.FH.H2O/c1-5-9-13-17(14-10-6-2,15-11-7-3)16-12-8-4;;/h5-16H2,1-4H3;1H;1H2/q+1;;. The Balaban J connectivity index is -0.00000128. The first-order valence-corrected chi connectivity index (χ1v) is 8.09. The van der Waals surface area contributed by atoms with E-state index < -0.39 is 0 Å². The van der Waals surface area contributed by atoms with E-state index in [0.717, 1.165) is 0 Å². The zero-order valence-electron chi connectivity index (χ0n) is 13.8. The van der Waals surface area contributed by atoms with Crippen molar-refractivity contribution >= 4 is 0 Å². The molecule has 0 aliphatic heterocycles. The zero-order valence-corrected chi connectivity index (χ0v) is 13.8. The summed E-state index contributed by atoms with van der Waals surface area (Å²) in [6, 6.07) is 0. The summed E-state index contributed by atoms with van der Waals surface area (Å²) in [6.07, 6.45) is 11.1. The number of hydrogen-bond donors (Lipinski definition) is 0. The van der Waals surface area contributed by atoms with Crippen molar-refractivity contribution in [2.24, 2.45) is 0 Å². The number of quaternary nitrogens is 1. The maximum atomic E-state index is 2.33. The quantitative estimate of drug-likeness (QED) is 0.477. The van der Waals surface area contributed by atoms with Crippen molar-refractivity contribution in [3.63, 3.8) is 0 Å². The summed E-state index contributed by atoms with van der Waals surface area (Å²) in [4.78, 5) is 0. The highest BCUT2D eigenvalue weighted by atomic mass is 19.0. The molecule has 0 aliphatic carbocycles. The summed E-state index contributed by atoms with van der Waals surface area (Å²) in [7, 11) is 0. The van der Waals surface area contributed by atoms with Crippen LogP contribution in [0.1, 0.15) is 79.1 Å². The SMILES string of the molecule is CCCC[N+](CCCC)(CCCC)CCCC.F.O. The Bertz CT molecular complexity index is 127. The first kappa shape index (κ1) is 23.9. The van der Waals surface area contributed by atoms with Crippen molar-refractivity contribution in [3.05, 3.63) is 0 Å². The maximum Gasteiger partial charge on any atom is 0.0786 e. The van der Waals surface area contributed by atoms with Gasteiger partial charge < -0.3 is 9.96 Å². The van der Waals surface area contributed by atoms with Crippen LogP contribution in [-0.2, 0) is 0 Å². The minimum atomic E-state index is 0. The molecule has 0 fully saturated rings. The highest BCUT2D eigenvalue weighted by Gasteiger charge is 2.24. The van der Waals surface area contributed by atoms with Crippen LogP contribution >= 0.6 is 0 Å². The van der Waals surface area contributed by atoms with Crippen LogP contribution in [0.3, 0.4) is 0 Å². The smallest absolute Gasteiger partial charge is 0.0786 e. The Hall–Kier alpha value is -0.150. The lowest BCUT2D eigenvalue weighted by Crippen LogP contribution is -2.50. The van der Waals surface area contributed by atoms with Gasteiger partial charge >= 0.3 is 0 Å². The molecule has 2 nitrogen and oxygen atoms in total. The maximum absolute atomic E-state index is 2.33. The molecule has 0 rings (SSSR count). The van der Waals surface area contributed by atoms with Crippen molar-refractivity contribution in [2.75, 3.05) is 26.2 Å². The summed E-state index contributed by atoms with van der Waals surface area (Å²) >= 11 is 0. The molecule has 0 spiro atoms. The average Bonchev–Trinajstić information content (AvgIpc) is 2.37. The van der Waals surface area contributed by atoms with Crippen LogP contribution in [0.25, 0.3) is 0 Å². The lowest BCUT2D eigenvalue weighted by Gasteiger charge is -2.39. The second-order valence-electron chi connectivity index (χ2n) is 5.65. The second-order valence-corrected chi connectivity index (χ2v) is 5.65. The van der Waals surface area contributed by atoms with Crippen molar-refractivity contribution in [1.29, 1.82) is 0 Å². The van der Waals surface area contributed by atoms with E-state index in [1.165, 1.54) is 82.0 Å². The Kier molecular flexibility index (Phi) is 20.0. The molecule has 0 aromatic rings. The molecule has 2 N–H and O–H groups in total. The van der Waals surface area contributed by atoms with Gasteiger partial charge in [-0.05, 0) is 25.7 Å². The predicted molar refractivity (Wildman–Crippen MR) is 85.5 cm³/mol. The van der Waals surface area contributed by atoms with E-state index in [0.29, 0.717) is 0 Å². The minimum absolute atomic E-state index is 0. The Morgan fingerprint density at radius 3 is 0.895 bits per heavy atom. The number of hydrogen-bond acceptors (Lipinski definition) is 0. The molecule has 0 radical (unpaired) electrons. The molecule has 0 unspecified atom stereocenters. The van der Waals surface area contributed by atoms with Gasteiger partial charge in [-0.15, -0.1) is 0 Å². The van der Waals surface area contributed by atoms with Gasteiger partial charge in [0, 0.05) is 0 Å². The van der Waals surface area contributed by atoms with E-state index in [2.05, 4.69) is 27.7 Å². The van der Waals surface area contributed by atoms with Gasteiger partial charge in [-0.1, -0.05) is 53.4 Å². The Labute approximate surface area is 120 Å².